The SMILES string of the molecule is O=C(Nc1ccc2c(c1)N(CC(=O)N1CCCCC1)C(=O)CO2)c1cc([N+](=O)[O-])cc([N+](=O)[O-])c1. The van der Waals surface area contributed by atoms with Crippen LogP contribution in [-0.4, -0.2) is 58.7 Å². The Labute approximate surface area is 198 Å². The van der Waals surface area contributed by atoms with E-state index in [1.807, 2.05) is 0 Å². The Kier molecular flexibility index (Phi) is 6.57. The van der Waals surface area contributed by atoms with Gasteiger partial charge in [-0.2, -0.15) is 0 Å². The second-order valence-electron chi connectivity index (χ2n) is 8.10. The van der Waals surface area contributed by atoms with Crippen molar-refractivity contribution in [3.8, 4) is 5.75 Å². The lowest BCUT2D eigenvalue weighted by Crippen LogP contribution is -2.47. The first-order chi connectivity index (χ1) is 16.7. The molecule has 2 aromatic rings. The highest BCUT2D eigenvalue weighted by atomic mass is 16.6. The summed E-state index contributed by atoms with van der Waals surface area (Å²) in [6.07, 6.45) is 2.87. The largest absolute Gasteiger partial charge is 0.482 e. The van der Waals surface area contributed by atoms with Crippen molar-refractivity contribution in [1.29, 1.82) is 0 Å². The minimum absolute atomic E-state index is 0.177. The van der Waals surface area contributed by atoms with Crippen LogP contribution in [0.1, 0.15) is 29.6 Å². The Morgan fingerprint density at radius 2 is 1.63 bits per heavy atom. The predicted molar refractivity (Wildman–Crippen MR) is 122 cm³/mol. The van der Waals surface area contributed by atoms with Gasteiger partial charge in [0.2, 0.25) is 5.91 Å². The van der Waals surface area contributed by atoms with Crippen molar-refractivity contribution < 1.29 is 29.0 Å². The van der Waals surface area contributed by atoms with E-state index in [2.05, 4.69) is 5.32 Å². The highest BCUT2D eigenvalue weighted by Gasteiger charge is 2.30. The number of nitrogens with one attached hydrogen (secondary N) is 1. The zero-order valence-electron chi connectivity index (χ0n) is 18.5. The van der Waals surface area contributed by atoms with E-state index < -0.39 is 33.0 Å². The molecule has 0 spiro atoms. The monoisotopic (exact) mass is 483 g/mol. The van der Waals surface area contributed by atoms with Crippen molar-refractivity contribution in [2.24, 2.45) is 0 Å². The fourth-order valence-electron chi connectivity index (χ4n) is 3.97. The summed E-state index contributed by atoms with van der Waals surface area (Å²) in [6, 6.07) is 7.07. The third kappa shape index (κ3) is 5.18. The van der Waals surface area contributed by atoms with Gasteiger partial charge in [0.25, 0.3) is 23.2 Å². The number of hydrogen-bond acceptors (Lipinski definition) is 8. The average Bonchev–Trinajstić information content (AvgIpc) is 2.85. The van der Waals surface area contributed by atoms with Gasteiger partial charge in [-0.3, -0.25) is 39.5 Å². The Bertz CT molecular complexity index is 1190. The van der Waals surface area contributed by atoms with Crippen LogP contribution in [0.25, 0.3) is 0 Å². The molecule has 1 N–H and O–H groups in total. The van der Waals surface area contributed by atoms with Crippen molar-refractivity contribution in [2.45, 2.75) is 19.3 Å². The summed E-state index contributed by atoms with van der Waals surface area (Å²) in [5.41, 5.74) is -0.994. The first-order valence-electron chi connectivity index (χ1n) is 10.8. The number of carbonyl (C=O) groups excluding carboxylic acids is 3. The van der Waals surface area contributed by atoms with Crippen LogP contribution < -0.4 is 15.0 Å². The summed E-state index contributed by atoms with van der Waals surface area (Å²) < 4.78 is 5.44. The van der Waals surface area contributed by atoms with E-state index in [4.69, 9.17) is 4.74 Å². The Morgan fingerprint density at radius 3 is 2.26 bits per heavy atom. The van der Waals surface area contributed by atoms with E-state index in [0.717, 1.165) is 37.5 Å². The molecule has 0 unspecified atom stereocenters. The molecular formula is C22H21N5O8. The number of non-ortho nitro benzene ring substituents is 2. The van der Waals surface area contributed by atoms with E-state index in [1.165, 1.54) is 23.1 Å². The summed E-state index contributed by atoms with van der Waals surface area (Å²) in [4.78, 5) is 61.6. The number of anilines is 2. The van der Waals surface area contributed by atoms with E-state index >= 15 is 0 Å². The van der Waals surface area contributed by atoms with Gasteiger partial charge in [-0.25, -0.2) is 0 Å². The standard InChI is InChI=1S/C22H21N5O8/c28-20(24-6-2-1-3-7-24)12-25-18-10-15(4-5-19(18)35-13-21(25)29)23-22(30)14-8-16(26(31)32)11-17(9-14)27(33)34/h4-5,8-11H,1-3,6-7,12-13H2,(H,23,30). The number of nitro groups is 2. The van der Waals surface area contributed by atoms with Gasteiger partial charge in [-0.05, 0) is 37.5 Å². The molecule has 2 aromatic carbocycles. The molecule has 0 aliphatic carbocycles. The van der Waals surface area contributed by atoms with Crippen LogP contribution in [-0.2, 0) is 9.59 Å². The lowest BCUT2D eigenvalue weighted by atomic mass is 10.1. The van der Waals surface area contributed by atoms with Gasteiger partial charge in [-0.1, -0.05) is 0 Å². The summed E-state index contributed by atoms with van der Waals surface area (Å²) in [5, 5.41) is 24.7. The zero-order chi connectivity index (χ0) is 25.1. The molecule has 3 amide bonds. The molecule has 2 heterocycles. The van der Waals surface area contributed by atoms with E-state index in [9.17, 15) is 34.6 Å². The zero-order valence-corrected chi connectivity index (χ0v) is 18.5. The van der Waals surface area contributed by atoms with E-state index in [1.54, 1.807) is 4.90 Å². The molecule has 1 fully saturated rings. The molecule has 2 aliphatic rings. The maximum atomic E-state index is 12.8. The number of ether oxygens (including phenoxy) is 1. The number of fused-ring (bicyclic) bond motifs is 1. The lowest BCUT2D eigenvalue weighted by molar-refractivity contribution is -0.394. The van der Waals surface area contributed by atoms with Crippen molar-refractivity contribution in [1.82, 2.24) is 4.90 Å². The first-order valence-corrected chi connectivity index (χ1v) is 10.8. The first kappa shape index (κ1) is 23.6. The van der Waals surface area contributed by atoms with E-state index in [0.29, 0.717) is 18.8 Å². The third-order valence-corrected chi connectivity index (χ3v) is 5.75. The number of hydrogen-bond donors (Lipinski definition) is 1. The highest BCUT2D eigenvalue weighted by Crippen LogP contribution is 2.35. The molecule has 2 aliphatic heterocycles. The smallest absolute Gasteiger partial charge is 0.277 e. The van der Waals surface area contributed by atoms with Crippen molar-refractivity contribution >= 4 is 40.5 Å². The number of amides is 3. The summed E-state index contributed by atoms with van der Waals surface area (Å²) in [5.74, 6) is -1.08. The number of rotatable bonds is 6. The van der Waals surface area contributed by atoms with Gasteiger partial charge in [0.05, 0.1) is 27.2 Å². The molecule has 13 heteroatoms. The Hall–Kier alpha value is -4.55. The van der Waals surface area contributed by atoms with Crippen LogP contribution in [0.5, 0.6) is 5.75 Å². The van der Waals surface area contributed by atoms with Crippen LogP contribution in [0.3, 0.4) is 0 Å². The minimum atomic E-state index is -0.831. The number of nitrogens with zero attached hydrogens (tertiary/aromatic N) is 4. The van der Waals surface area contributed by atoms with Crippen LogP contribution in [0.15, 0.2) is 36.4 Å². The molecule has 182 valence electrons. The van der Waals surface area contributed by atoms with E-state index in [-0.39, 0.29) is 36.0 Å². The fraction of sp³-hybridized carbons (Fsp3) is 0.318. The molecule has 0 atom stereocenters. The molecule has 4 rings (SSSR count). The van der Waals surface area contributed by atoms with Gasteiger partial charge < -0.3 is 15.0 Å². The van der Waals surface area contributed by atoms with Crippen LogP contribution >= 0.6 is 0 Å². The molecule has 0 saturated carbocycles. The molecule has 0 aromatic heterocycles. The molecule has 13 nitrogen and oxygen atoms in total. The number of nitro benzene ring substituents is 2. The second-order valence-corrected chi connectivity index (χ2v) is 8.10. The molecule has 1 saturated heterocycles. The van der Waals surface area contributed by atoms with Gasteiger partial charge in [0, 0.05) is 30.9 Å². The normalized spacial score (nSPS) is 15.1. The number of likely N-dealkylation sites (tertiary alicyclic amines) is 1. The lowest BCUT2D eigenvalue weighted by Gasteiger charge is -2.33. The van der Waals surface area contributed by atoms with Crippen molar-refractivity contribution in [3.05, 3.63) is 62.2 Å². The van der Waals surface area contributed by atoms with Crippen molar-refractivity contribution in [2.75, 3.05) is 36.5 Å². The molecular weight excluding hydrogens is 462 g/mol. The van der Waals surface area contributed by atoms with Crippen molar-refractivity contribution in [3.63, 3.8) is 0 Å². The Balaban J connectivity index is 1.57. The Morgan fingerprint density at radius 1 is 0.971 bits per heavy atom. The molecule has 0 radical (unpaired) electrons. The maximum Gasteiger partial charge on any atom is 0.277 e. The van der Waals surface area contributed by atoms with Gasteiger partial charge >= 0.3 is 0 Å². The summed E-state index contributed by atoms with van der Waals surface area (Å²) in [6.45, 7) is 0.859. The highest BCUT2D eigenvalue weighted by molar-refractivity contribution is 6.07. The van der Waals surface area contributed by atoms with Crippen LogP contribution in [0.4, 0.5) is 22.7 Å². The predicted octanol–water partition coefficient (Wildman–Crippen LogP) is 2.49. The quantitative estimate of drug-likeness (QED) is 0.483. The van der Waals surface area contributed by atoms with Gasteiger partial charge in [0.1, 0.15) is 12.3 Å². The number of carbonyl (C=O) groups is 3. The van der Waals surface area contributed by atoms with Crippen LogP contribution in [0.2, 0.25) is 0 Å². The van der Waals surface area contributed by atoms with Gasteiger partial charge in [0.15, 0.2) is 6.61 Å². The van der Waals surface area contributed by atoms with Gasteiger partial charge in [-0.15, -0.1) is 0 Å². The van der Waals surface area contributed by atoms with Crippen LogP contribution in [0, 0.1) is 20.2 Å². The summed E-state index contributed by atoms with van der Waals surface area (Å²) in [7, 11) is 0. The topological polar surface area (TPSA) is 165 Å². The molecule has 0 bridgehead atoms. The number of piperidine rings is 1. The third-order valence-electron chi connectivity index (χ3n) is 5.75. The molecule has 35 heavy (non-hydrogen) atoms. The average molecular weight is 483 g/mol. The second kappa shape index (κ2) is 9.75. The number of benzene rings is 2. The minimum Gasteiger partial charge on any atom is -0.482 e. The maximum absolute atomic E-state index is 12.8. The fourth-order valence-corrected chi connectivity index (χ4v) is 3.97. The summed E-state index contributed by atoms with van der Waals surface area (Å²) >= 11 is 0.